The number of hydrogen-bond acceptors (Lipinski definition) is 3. The number of nitrogens with zero attached hydrogens (tertiary/aromatic N) is 2. The number of fused-ring (bicyclic) bond motifs is 1. The van der Waals surface area contributed by atoms with Gasteiger partial charge in [0, 0.05) is 18.8 Å². The zero-order valence-electron chi connectivity index (χ0n) is 10.7. The summed E-state index contributed by atoms with van der Waals surface area (Å²) in [5.74, 6) is 0.520. The lowest BCUT2D eigenvalue weighted by molar-refractivity contribution is 0.0697. The highest BCUT2D eigenvalue weighted by Crippen LogP contribution is 2.38. The zero-order chi connectivity index (χ0) is 13.4. The fourth-order valence-corrected chi connectivity index (χ4v) is 3.67. The van der Waals surface area contributed by atoms with Crippen LogP contribution in [0.15, 0.2) is 12.3 Å². The standard InChI is InChI=1S/C14H17ClN2O2/c15-11-8-16-13(7-10(11)14(18)19)17-6-2-4-9-3-1-5-12(9)17/h7-9,12H,1-6H2,(H,18,19). The fraction of sp³-hybridized carbons (Fsp3) is 0.571. The van der Waals surface area contributed by atoms with Gasteiger partial charge in [0.25, 0.3) is 0 Å². The first-order valence-corrected chi connectivity index (χ1v) is 7.20. The van der Waals surface area contributed by atoms with Crippen LogP contribution in [-0.2, 0) is 0 Å². The van der Waals surface area contributed by atoms with Crippen LogP contribution in [0.1, 0.15) is 42.5 Å². The molecule has 2 unspecified atom stereocenters. The normalized spacial score (nSPS) is 26.3. The molecule has 2 atom stereocenters. The number of aromatic nitrogens is 1. The SMILES string of the molecule is O=C(O)c1cc(N2CCCC3CCCC32)ncc1Cl. The van der Waals surface area contributed by atoms with Gasteiger partial charge in [-0.15, -0.1) is 0 Å². The van der Waals surface area contributed by atoms with Crippen LogP contribution in [0.4, 0.5) is 5.82 Å². The fourth-order valence-electron chi connectivity index (χ4n) is 3.49. The summed E-state index contributed by atoms with van der Waals surface area (Å²) in [7, 11) is 0. The Hall–Kier alpha value is -1.29. The number of carbonyl (C=O) groups is 1. The maximum absolute atomic E-state index is 11.2. The average Bonchev–Trinajstić information content (AvgIpc) is 2.87. The second kappa shape index (κ2) is 5.00. The number of halogens is 1. The van der Waals surface area contributed by atoms with E-state index in [-0.39, 0.29) is 10.6 Å². The molecule has 102 valence electrons. The van der Waals surface area contributed by atoms with Crippen molar-refractivity contribution in [2.45, 2.75) is 38.1 Å². The molecule has 0 spiro atoms. The molecule has 3 rings (SSSR count). The maximum atomic E-state index is 11.2. The van der Waals surface area contributed by atoms with Gasteiger partial charge >= 0.3 is 5.97 Å². The first-order valence-electron chi connectivity index (χ1n) is 6.82. The van der Waals surface area contributed by atoms with Crippen molar-refractivity contribution in [3.63, 3.8) is 0 Å². The van der Waals surface area contributed by atoms with E-state index in [1.54, 1.807) is 6.07 Å². The first-order chi connectivity index (χ1) is 9.16. The van der Waals surface area contributed by atoms with E-state index >= 15 is 0 Å². The molecular formula is C14H17ClN2O2. The third-order valence-electron chi connectivity index (χ3n) is 4.36. The summed E-state index contributed by atoms with van der Waals surface area (Å²) in [6, 6.07) is 2.15. The zero-order valence-corrected chi connectivity index (χ0v) is 11.4. The largest absolute Gasteiger partial charge is 0.478 e. The van der Waals surface area contributed by atoms with Crippen LogP contribution >= 0.6 is 11.6 Å². The molecule has 1 aromatic rings. The summed E-state index contributed by atoms with van der Waals surface area (Å²) in [6.07, 6.45) is 7.66. The number of carboxylic acids is 1. The highest BCUT2D eigenvalue weighted by atomic mass is 35.5. The summed E-state index contributed by atoms with van der Waals surface area (Å²) in [5, 5.41) is 9.35. The lowest BCUT2D eigenvalue weighted by Crippen LogP contribution is -2.43. The molecule has 2 heterocycles. The van der Waals surface area contributed by atoms with Crippen molar-refractivity contribution in [1.29, 1.82) is 0 Å². The van der Waals surface area contributed by atoms with Crippen molar-refractivity contribution in [1.82, 2.24) is 4.98 Å². The van der Waals surface area contributed by atoms with Crippen molar-refractivity contribution in [2.75, 3.05) is 11.4 Å². The van der Waals surface area contributed by atoms with E-state index in [1.165, 1.54) is 31.9 Å². The van der Waals surface area contributed by atoms with E-state index in [9.17, 15) is 4.79 Å². The second-order valence-electron chi connectivity index (χ2n) is 5.42. The van der Waals surface area contributed by atoms with Gasteiger partial charge in [-0.05, 0) is 37.7 Å². The monoisotopic (exact) mass is 280 g/mol. The molecule has 1 aliphatic heterocycles. The van der Waals surface area contributed by atoms with Gasteiger partial charge in [-0.1, -0.05) is 18.0 Å². The van der Waals surface area contributed by atoms with Gasteiger partial charge in [-0.3, -0.25) is 0 Å². The van der Waals surface area contributed by atoms with Crippen LogP contribution < -0.4 is 4.90 Å². The number of piperidine rings is 1. The topological polar surface area (TPSA) is 53.4 Å². The Labute approximate surface area is 117 Å². The van der Waals surface area contributed by atoms with Crippen LogP contribution in [0.5, 0.6) is 0 Å². The molecular weight excluding hydrogens is 264 g/mol. The molecule has 1 N–H and O–H groups in total. The number of anilines is 1. The second-order valence-corrected chi connectivity index (χ2v) is 5.83. The van der Waals surface area contributed by atoms with E-state index in [4.69, 9.17) is 16.7 Å². The summed E-state index contributed by atoms with van der Waals surface area (Å²) in [4.78, 5) is 17.8. The van der Waals surface area contributed by atoms with E-state index in [0.717, 1.165) is 24.7 Å². The lowest BCUT2D eigenvalue weighted by Gasteiger charge is -2.38. The first kappa shape index (κ1) is 12.7. The van der Waals surface area contributed by atoms with Crippen LogP contribution in [0.2, 0.25) is 5.02 Å². The number of aromatic carboxylic acids is 1. The third kappa shape index (κ3) is 2.29. The molecule has 2 fully saturated rings. The van der Waals surface area contributed by atoms with Crippen molar-refractivity contribution in [3.05, 3.63) is 22.8 Å². The summed E-state index contributed by atoms with van der Waals surface area (Å²) < 4.78 is 0. The Morgan fingerprint density at radius 3 is 2.95 bits per heavy atom. The Balaban J connectivity index is 1.93. The lowest BCUT2D eigenvalue weighted by atomic mass is 9.92. The summed E-state index contributed by atoms with van der Waals surface area (Å²) in [6.45, 7) is 0.967. The van der Waals surface area contributed by atoms with Gasteiger partial charge in [0.1, 0.15) is 5.82 Å². The molecule has 5 heteroatoms. The van der Waals surface area contributed by atoms with Gasteiger partial charge in [0.15, 0.2) is 0 Å². The number of pyridine rings is 1. The van der Waals surface area contributed by atoms with Gasteiger partial charge in [-0.25, -0.2) is 9.78 Å². The number of hydrogen-bond donors (Lipinski definition) is 1. The minimum Gasteiger partial charge on any atom is -0.478 e. The van der Waals surface area contributed by atoms with Crippen molar-refractivity contribution >= 4 is 23.4 Å². The van der Waals surface area contributed by atoms with Crippen molar-refractivity contribution < 1.29 is 9.90 Å². The molecule has 19 heavy (non-hydrogen) atoms. The molecule has 4 nitrogen and oxygen atoms in total. The van der Waals surface area contributed by atoms with E-state index in [2.05, 4.69) is 9.88 Å². The summed E-state index contributed by atoms with van der Waals surface area (Å²) >= 11 is 5.88. The minimum absolute atomic E-state index is 0.145. The highest BCUT2D eigenvalue weighted by Gasteiger charge is 2.35. The molecule has 0 radical (unpaired) electrons. The van der Waals surface area contributed by atoms with Gasteiger partial charge in [0.05, 0.1) is 10.6 Å². The predicted octanol–water partition coefficient (Wildman–Crippen LogP) is 3.20. The van der Waals surface area contributed by atoms with Crippen LogP contribution in [0, 0.1) is 5.92 Å². The molecule has 1 saturated carbocycles. The maximum Gasteiger partial charge on any atom is 0.337 e. The molecule has 1 aromatic heterocycles. The molecule has 2 aliphatic rings. The van der Waals surface area contributed by atoms with E-state index in [0.29, 0.717) is 6.04 Å². The molecule has 0 bridgehead atoms. The Bertz CT molecular complexity index is 506. The van der Waals surface area contributed by atoms with E-state index < -0.39 is 5.97 Å². The third-order valence-corrected chi connectivity index (χ3v) is 4.66. The average molecular weight is 281 g/mol. The Morgan fingerprint density at radius 1 is 1.37 bits per heavy atom. The van der Waals surface area contributed by atoms with Crippen molar-refractivity contribution in [3.8, 4) is 0 Å². The molecule has 1 aliphatic carbocycles. The van der Waals surface area contributed by atoms with Gasteiger partial charge < -0.3 is 10.0 Å². The van der Waals surface area contributed by atoms with Gasteiger partial charge in [-0.2, -0.15) is 0 Å². The molecule has 1 saturated heterocycles. The molecule has 0 aromatic carbocycles. The predicted molar refractivity (Wildman–Crippen MR) is 73.9 cm³/mol. The number of rotatable bonds is 2. The summed E-state index contributed by atoms with van der Waals surface area (Å²) in [5.41, 5.74) is 0.145. The van der Waals surface area contributed by atoms with Gasteiger partial charge in [0.2, 0.25) is 0 Å². The van der Waals surface area contributed by atoms with Crippen LogP contribution in [0.3, 0.4) is 0 Å². The van der Waals surface area contributed by atoms with E-state index in [1.807, 2.05) is 0 Å². The quantitative estimate of drug-likeness (QED) is 0.904. The van der Waals surface area contributed by atoms with Crippen LogP contribution in [0.25, 0.3) is 0 Å². The highest BCUT2D eigenvalue weighted by molar-refractivity contribution is 6.33. The Morgan fingerprint density at radius 2 is 2.16 bits per heavy atom. The minimum atomic E-state index is -0.992. The number of carboxylic acid groups (broad SMARTS) is 1. The smallest absolute Gasteiger partial charge is 0.337 e. The van der Waals surface area contributed by atoms with Crippen LogP contribution in [-0.4, -0.2) is 28.6 Å². The van der Waals surface area contributed by atoms with Crippen molar-refractivity contribution in [2.24, 2.45) is 5.92 Å². The Kier molecular flexibility index (Phi) is 3.35. The molecule has 0 amide bonds.